The maximum Gasteiger partial charge on any atom is 0.222 e. The summed E-state index contributed by atoms with van der Waals surface area (Å²) in [4.78, 5) is 26.9. The molecule has 0 aliphatic carbocycles. The first-order chi connectivity index (χ1) is 12.4. The van der Waals surface area contributed by atoms with Crippen molar-refractivity contribution in [2.75, 3.05) is 26.3 Å². The van der Waals surface area contributed by atoms with Gasteiger partial charge >= 0.3 is 0 Å². The minimum Gasteiger partial charge on any atom is -0.347 e. The topological polar surface area (TPSA) is 55.8 Å². The average molecular weight is 359 g/mol. The highest BCUT2D eigenvalue weighted by Gasteiger charge is 2.40. The van der Waals surface area contributed by atoms with Gasteiger partial charge in [0.1, 0.15) is 0 Å². The molecule has 0 bridgehead atoms. The minimum absolute atomic E-state index is 0.128. The standard InChI is InChI=1S/C21H29NO4/c1-15-13-16(2)20(17(3)14-15)18(23)5-4-6-19(24)22-9-7-21(8-10-22)25-11-12-26-21/h13-14H,4-12H2,1-3H3. The molecule has 2 heterocycles. The molecule has 1 amide bonds. The van der Waals surface area contributed by atoms with Gasteiger partial charge in [0, 0.05) is 44.3 Å². The summed E-state index contributed by atoms with van der Waals surface area (Å²) < 4.78 is 11.4. The molecular weight excluding hydrogens is 330 g/mol. The fraction of sp³-hybridized carbons (Fsp3) is 0.619. The molecule has 0 radical (unpaired) electrons. The lowest BCUT2D eigenvalue weighted by Gasteiger charge is -2.37. The highest BCUT2D eigenvalue weighted by molar-refractivity contribution is 5.99. The molecule has 2 saturated heterocycles. The van der Waals surface area contributed by atoms with Crippen molar-refractivity contribution in [1.82, 2.24) is 4.90 Å². The van der Waals surface area contributed by atoms with Crippen molar-refractivity contribution >= 4 is 11.7 Å². The third kappa shape index (κ3) is 4.15. The van der Waals surface area contributed by atoms with E-state index in [0.717, 1.165) is 29.5 Å². The summed E-state index contributed by atoms with van der Waals surface area (Å²) >= 11 is 0. The van der Waals surface area contributed by atoms with Gasteiger partial charge in [-0.2, -0.15) is 0 Å². The first kappa shape index (κ1) is 19.1. The molecule has 1 aromatic carbocycles. The molecule has 0 saturated carbocycles. The van der Waals surface area contributed by atoms with Crippen LogP contribution in [-0.2, 0) is 14.3 Å². The van der Waals surface area contributed by atoms with Gasteiger partial charge in [-0.05, 0) is 38.3 Å². The van der Waals surface area contributed by atoms with Crippen LogP contribution in [0.5, 0.6) is 0 Å². The molecule has 1 aromatic rings. The third-order valence-electron chi connectivity index (χ3n) is 5.44. The van der Waals surface area contributed by atoms with E-state index in [9.17, 15) is 9.59 Å². The number of carbonyl (C=O) groups is 2. The van der Waals surface area contributed by atoms with Crippen molar-refractivity contribution in [2.45, 2.75) is 58.7 Å². The average Bonchev–Trinajstić information content (AvgIpc) is 3.02. The van der Waals surface area contributed by atoms with Crippen LogP contribution in [0.15, 0.2) is 12.1 Å². The lowest BCUT2D eigenvalue weighted by Crippen LogP contribution is -2.47. The summed E-state index contributed by atoms with van der Waals surface area (Å²) in [7, 11) is 0. The van der Waals surface area contributed by atoms with Crippen molar-refractivity contribution in [3.05, 3.63) is 34.4 Å². The minimum atomic E-state index is -0.451. The molecule has 3 rings (SSSR count). The van der Waals surface area contributed by atoms with E-state index >= 15 is 0 Å². The predicted molar refractivity (Wildman–Crippen MR) is 99.3 cm³/mol. The largest absolute Gasteiger partial charge is 0.347 e. The maximum atomic E-state index is 12.6. The first-order valence-corrected chi connectivity index (χ1v) is 9.57. The maximum absolute atomic E-state index is 12.6. The molecule has 5 nitrogen and oxygen atoms in total. The fourth-order valence-corrected chi connectivity index (χ4v) is 4.19. The van der Waals surface area contributed by atoms with E-state index in [-0.39, 0.29) is 11.7 Å². The first-order valence-electron chi connectivity index (χ1n) is 9.57. The second-order valence-corrected chi connectivity index (χ2v) is 7.54. The van der Waals surface area contributed by atoms with Crippen LogP contribution in [0.1, 0.15) is 59.2 Å². The lowest BCUT2D eigenvalue weighted by molar-refractivity contribution is -0.187. The van der Waals surface area contributed by atoms with Crippen molar-refractivity contribution in [1.29, 1.82) is 0 Å². The predicted octanol–water partition coefficient (Wildman–Crippen LogP) is 3.33. The van der Waals surface area contributed by atoms with E-state index < -0.39 is 5.79 Å². The van der Waals surface area contributed by atoms with Crippen molar-refractivity contribution in [3.63, 3.8) is 0 Å². The van der Waals surface area contributed by atoms with E-state index in [1.54, 1.807) is 0 Å². The van der Waals surface area contributed by atoms with Crippen LogP contribution < -0.4 is 0 Å². The van der Waals surface area contributed by atoms with E-state index in [2.05, 4.69) is 0 Å². The van der Waals surface area contributed by atoms with Crippen LogP contribution in [0.4, 0.5) is 0 Å². The Bertz CT molecular complexity index is 658. The summed E-state index contributed by atoms with van der Waals surface area (Å²) in [6.45, 7) is 8.63. The highest BCUT2D eigenvalue weighted by atomic mass is 16.7. The Kier molecular flexibility index (Phi) is 5.78. The molecule has 2 aliphatic rings. The van der Waals surface area contributed by atoms with Crippen LogP contribution in [0.2, 0.25) is 0 Å². The van der Waals surface area contributed by atoms with Crippen molar-refractivity contribution in [3.8, 4) is 0 Å². The molecule has 0 N–H and O–H groups in total. The molecule has 142 valence electrons. The van der Waals surface area contributed by atoms with Crippen LogP contribution in [-0.4, -0.2) is 48.7 Å². The number of nitrogens with zero attached hydrogens (tertiary/aromatic N) is 1. The highest BCUT2D eigenvalue weighted by Crippen LogP contribution is 2.31. The van der Waals surface area contributed by atoms with Crippen molar-refractivity contribution in [2.24, 2.45) is 0 Å². The number of ether oxygens (including phenoxy) is 2. The van der Waals surface area contributed by atoms with E-state index in [4.69, 9.17) is 9.47 Å². The number of aryl methyl sites for hydroxylation is 3. The molecule has 0 atom stereocenters. The number of hydrogen-bond acceptors (Lipinski definition) is 4. The van der Waals surface area contributed by atoms with Crippen molar-refractivity contribution < 1.29 is 19.1 Å². The van der Waals surface area contributed by atoms with E-state index in [0.29, 0.717) is 45.6 Å². The third-order valence-corrected chi connectivity index (χ3v) is 5.44. The zero-order valence-electron chi connectivity index (χ0n) is 16.1. The summed E-state index contributed by atoms with van der Waals surface area (Å²) in [5.41, 5.74) is 4.04. The van der Waals surface area contributed by atoms with Crippen LogP contribution in [0.3, 0.4) is 0 Å². The Hall–Kier alpha value is -1.72. The Morgan fingerprint density at radius 3 is 2.15 bits per heavy atom. The zero-order chi connectivity index (χ0) is 18.7. The SMILES string of the molecule is Cc1cc(C)c(C(=O)CCCC(=O)N2CCC3(CC2)OCCO3)c(C)c1. The summed E-state index contributed by atoms with van der Waals surface area (Å²) in [6, 6.07) is 4.09. The molecule has 5 heteroatoms. The van der Waals surface area contributed by atoms with Gasteiger partial charge in [0.05, 0.1) is 13.2 Å². The molecule has 26 heavy (non-hydrogen) atoms. The van der Waals surface area contributed by atoms with Crippen LogP contribution >= 0.6 is 0 Å². The van der Waals surface area contributed by atoms with Crippen LogP contribution in [0, 0.1) is 20.8 Å². The number of Topliss-reactive ketones (excluding diaryl/α,β-unsaturated/α-hetero) is 1. The van der Waals surface area contributed by atoms with Gasteiger partial charge in [-0.1, -0.05) is 17.7 Å². The number of likely N-dealkylation sites (tertiary alicyclic amines) is 1. The van der Waals surface area contributed by atoms with Gasteiger partial charge < -0.3 is 14.4 Å². The van der Waals surface area contributed by atoms with Gasteiger partial charge in [0.2, 0.25) is 5.91 Å². The zero-order valence-corrected chi connectivity index (χ0v) is 16.1. The molecular formula is C21H29NO4. The van der Waals surface area contributed by atoms with E-state index in [1.807, 2.05) is 37.8 Å². The fourth-order valence-electron chi connectivity index (χ4n) is 4.19. The van der Waals surface area contributed by atoms with Gasteiger partial charge in [0.15, 0.2) is 11.6 Å². The number of ketones is 1. The number of hydrogen-bond donors (Lipinski definition) is 0. The summed E-state index contributed by atoms with van der Waals surface area (Å²) in [5, 5.41) is 0. The molecule has 0 aromatic heterocycles. The Labute approximate surface area is 155 Å². The second kappa shape index (κ2) is 7.89. The van der Waals surface area contributed by atoms with Gasteiger partial charge in [-0.25, -0.2) is 0 Å². The smallest absolute Gasteiger partial charge is 0.222 e. The lowest BCUT2D eigenvalue weighted by atomic mass is 9.94. The molecule has 2 aliphatic heterocycles. The summed E-state index contributed by atoms with van der Waals surface area (Å²) in [5.74, 6) is -0.186. The Morgan fingerprint density at radius 2 is 1.58 bits per heavy atom. The van der Waals surface area contributed by atoms with Gasteiger partial charge in [-0.3, -0.25) is 9.59 Å². The normalized spacial score (nSPS) is 19.1. The molecule has 2 fully saturated rings. The second-order valence-electron chi connectivity index (χ2n) is 7.54. The Balaban J connectivity index is 1.46. The van der Waals surface area contributed by atoms with Gasteiger partial charge in [-0.15, -0.1) is 0 Å². The number of rotatable bonds is 5. The Morgan fingerprint density at radius 1 is 1.00 bits per heavy atom. The monoisotopic (exact) mass is 359 g/mol. The number of piperidine rings is 1. The van der Waals surface area contributed by atoms with Crippen LogP contribution in [0.25, 0.3) is 0 Å². The number of carbonyl (C=O) groups excluding carboxylic acids is 2. The quantitative estimate of drug-likeness (QED) is 0.757. The number of amides is 1. The van der Waals surface area contributed by atoms with E-state index in [1.165, 1.54) is 5.56 Å². The summed E-state index contributed by atoms with van der Waals surface area (Å²) in [6.07, 6.45) is 2.91. The number of benzene rings is 1. The van der Waals surface area contributed by atoms with Gasteiger partial charge in [0.25, 0.3) is 0 Å². The molecule has 1 spiro atoms. The molecule has 0 unspecified atom stereocenters.